The number of nitrogens with one attached hydrogen (secondary N) is 1. The summed E-state index contributed by atoms with van der Waals surface area (Å²) in [6.07, 6.45) is 0.587. The highest BCUT2D eigenvalue weighted by Gasteiger charge is 2.68. The first-order valence-electron chi connectivity index (χ1n) is 7.44. The molecule has 6 heteroatoms. The van der Waals surface area contributed by atoms with Gasteiger partial charge in [-0.25, -0.2) is 4.79 Å². The van der Waals surface area contributed by atoms with Gasteiger partial charge in [0.2, 0.25) is 5.91 Å². The van der Waals surface area contributed by atoms with Gasteiger partial charge in [0.1, 0.15) is 5.00 Å². The minimum Gasteiger partial charge on any atom is -0.478 e. The molecule has 1 saturated carbocycles. The van der Waals surface area contributed by atoms with Crippen LogP contribution >= 0.6 is 11.3 Å². The molecule has 0 saturated heterocycles. The normalized spacial score (nSPS) is 22.0. The van der Waals surface area contributed by atoms with Gasteiger partial charge in [0, 0.05) is 10.8 Å². The molecule has 22 heavy (non-hydrogen) atoms. The Bertz CT molecular complexity index is 645. The monoisotopic (exact) mass is 323 g/mol. The van der Waals surface area contributed by atoms with Crippen LogP contribution in [0.3, 0.4) is 0 Å². The number of rotatable bonds is 3. The van der Waals surface area contributed by atoms with E-state index in [0.717, 1.165) is 10.4 Å². The van der Waals surface area contributed by atoms with Crippen LogP contribution in [0.25, 0.3) is 0 Å². The Balaban J connectivity index is 1.89. The molecule has 2 heterocycles. The Labute approximate surface area is 133 Å². The molecule has 3 rings (SSSR count). The van der Waals surface area contributed by atoms with Crippen LogP contribution in [0.5, 0.6) is 0 Å². The smallest absolute Gasteiger partial charge is 0.339 e. The van der Waals surface area contributed by atoms with Crippen molar-refractivity contribution in [2.24, 2.45) is 16.7 Å². The third-order valence-electron chi connectivity index (χ3n) is 5.55. The Kier molecular flexibility index (Phi) is 3.38. The maximum absolute atomic E-state index is 12.6. The van der Waals surface area contributed by atoms with Crippen LogP contribution in [-0.4, -0.2) is 23.6 Å². The number of carbonyl (C=O) groups is 2. The number of thiophene rings is 1. The van der Waals surface area contributed by atoms with Gasteiger partial charge in [0.25, 0.3) is 0 Å². The molecular formula is C16H21NO4S. The van der Waals surface area contributed by atoms with Crippen molar-refractivity contribution < 1.29 is 19.4 Å². The van der Waals surface area contributed by atoms with E-state index in [1.54, 1.807) is 0 Å². The second kappa shape index (κ2) is 4.80. The zero-order chi connectivity index (χ0) is 16.3. The van der Waals surface area contributed by atoms with Gasteiger partial charge in [-0.15, -0.1) is 11.3 Å². The molecule has 1 fully saturated rings. The molecule has 2 N–H and O–H groups in total. The lowest BCUT2D eigenvalue weighted by atomic mass is 10.0. The molecule has 0 spiro atoms. The van der Waals surface area contributed by atoms with Gasteiger partial charge >= 0.3 is 5.97 Å². The zero-order valence-electron chi connectivity index (χ0n) is 13.3. The van der Waals surface area contributed by atoms with Gasteiger partial charge in [0.15, 0.2) is 0 Å². The molecule has 2 aliphatic rings. The number of hydrogen-bond acceptors (Lipinski definition) is 4. The van der Waals surface area contributed by atoms with E-state index in [4.69, 9.17) is 4.74 Å². The topological polar surface area (TPSA) is 75.6 Å². The summed E-state index contributed by atoms with van der Waals surface area (Å²) in [4.78, 5) is 25.1. The van der Waals surface area contributed by atoms with Crippen LogP contribution in [0.4, 0.5) is 5.00 Å². The van der Waals surface area contributed by atoms with Gasteiger partial charge in [-0.2, -0.15) is 0 Å². The van der Waals surface area contributed by atoms with Crippen LogP contribution in [0, 0.1) is 16.7 Å². The van der Waals surface area contributed by atoms with Crippen molar-refractivity contribution >= 4 is 28.2 Å². The quantitative estimate of drug-likeness (QED) is 0.896. The summed E-state index contributed by atoms with van der Waals surface area (Å²) < 4.78 is 5.38. The number of carboxylic acids is 1. The number of aromatic carboxylic acids is 1. The van der Waals surface area contributed by atoms with E-state index in [1.165, 1.54) is 11.3 Å². The molecule has 0 bridgehead atoms. The number of ether oxygens (including phenoxy) is 1. The molecule has 1 amide bonds. The van der Waals surface area contributed by atoms with Gasteiger partial charge in [-0.05, 0) is 22.8 Å². The fourth-order valence-electron chi connectivity index (χ4n) is 3.58. The highest BCUT2D eigenvalue weighted by molar-refractivity contribution is 7.17. The molecule has 0 atom stereocenters. The van der Waals surface area contributed by atoms with E-state index in [0.29, 0.717) is 24.6 Å². The third-order valence-corrected chi connectivity index (χ3v) is 6.67. The van der Waals surface area contributed by atoms with Crippen molar-refractivity contribution in [2.45, 2.75) is 40.7 Å². The van der Waals surface area contributed by atoms with Crippen LogP contribution in [-0.2, 0) is 22.6 Å². The predicted octanol–water partition coefficient (Wildman–Crippen LogP) is 3.14. The molecule has 1 aromatic heterocycles. The molecule has 1 aliphatic carbocycles. The molecular weight excluding hydrogens is 302 g/mol. The number of fused-ring (bicyclic) bond motifs is 1. The first-order chi connectivity index (χ1) is 10.2. The highest BCUT2D eigenvalue weighted by Crippen LogP contribution is 2.68. The van der Waals surface area contributed by atoms with Gasteiger partial charge in [-0.1, -0.05) is 27.7 Å². The summed E-state index contributed by atoms with van der Waals surface area (Å²) in [6, 6.07) is 0. The van der Waals surface area contributed by atoms with Crippen LogP contribution in [0.15, 0.2) is 0 Å². The third kappa shape index (κ3) is 2.08. The van der Waals surface area contributed by atoms with Gasteiger partial charge in [0.05, 0.1) is 18.8 Å². The molecule has 1 aliphatic heterocycles. The van der Waals surface area contributed by atoms with Crippen LogP contribution < -0.4 is 5.32 Å². The number of carboxylic acid groups (broad SMARTS) is 1. The van der Waals surface area contributed by atoms with E-state index >= 15 is 0 Å². The molecule has 1 aromatic rings. The van der Waals surface area contributed by atoms with Gasteiger partial charge in [-0.3, -0.25) is 4.79 Å². The van der Waals surface area contributed by atoms with Crippen molar-refractivity contribution in [1.29, 1.82) is 0 Å². The van der Waals surface area contributed by atoms with Crippen LogP contribution in [0.2, 0.25) is 0 Å². The van der Waals surface area contributed by atoms with Crippen molar-refractivity contribution in [2.75, 3.05) is 11.9 Å². The summed E-state index contributed by atoms with van der Waals surface area (Å²) in [6.45, 7) is 9.24. The first kappa shape index (κ1) is 15.5. The molecule has 5 nitrogen and oxygen atoms in total. The van der Waals surface area contributed by atoms with Crippen molar-refractivity contribution in [3.63, 3.8) is 0 Å². The lowest BCUT2D eigenvalue weighted by Gasteiger charge is -2.12. The first-order valence-corrected chi connectivity index (χ1v) is 8.26. The van der Waals surface area contributed by atoms with E-state index < -0.39 is 5.97 Å². The second-order valence-electron chi connectivity index (χ2n) is 7.18. The average molecular weight is 323 g/mol. The van der Waals surface area contributed by atoms with Gasteiger partial charge < -0.3 is 15.2 Å². The van der Waals surface area contributed by atoms with E-state index in [-0.39, 0.29) is 28.2 Å². The standard InChI is InChI=1S/C16H21NO4S/c1-15(2)11(16(15,3)4)12(18)17-13-10(14(19)20)8-5-6-21-7-9(8)22-13/h11H,5-7H2,1-4H3,(H,17,18)(H,19,20). The number of anilines is 1. The van der Waals surface area contributed by atoms with Crippen LogP contribution in [0.1, 0.15) is 48.5 Å². The molecule has 120 valence electrons. The molecule has 0 aromatic carbocycles. The SMILES string of the molecule is CC1(C)C(C(=O)Nc2sc3c(c2C(=O)O)CCOC3)C1(C)C. The number of carbonyl (C=O) groups excluding carboxylic acids is 1. The Morgan fingerprint density at radius 2 is 1.91 bits per heavy atom. The van der Waals surface area contributed by atoms with E-state index in [1.807, 2.05) is 0 Å². The molecule has 0 unspecified atom stereocenters. The highest BCUT2D eigenvalue weighted by atomic mass is 32.1. The summed E-state index contributed by atoms with van der Waals surface area (Å²) in [5, 5.41) is 12.8. The minimum absolute atomic E-state index is 0.0690. The minimum atomic E-state index is -0.982. The predicted molar refractivity (Wildman–Crippen MR) is 84.3 cm³/mol. The fraction of sp³-hybridized carbons (Fsp3) is 0.625. The summed E-state index contributed by atoms with van der Waals surface area (Å²) >= 11 is 1.33. The Hall–Kier alpha value is -1.40. The maximum atomic E-state index is 12.6. The lowest BCUT2D eigenvalue weighted by Crippen LogP contribution is -2.19. The van der Waals surface area contributed by atoms with E-state index in [9.17, 15) is 14.7 Å². The second-order valence-corrected chi connectivity index (χ2v) is 8.29. The Morgan fingerprint density at radius 3 is 2.45 bits per heavy atom. The van der Waals surface area contributed by atoms with Crippen molar-refractivity contribution in [1.82, 2.24) is 0 Å². The largest absolute Gasteiger partial charge is 0.478 e. The summed E-state index contributed by atoms with van der Waals surface area (Å²) in [7, 11) is 0. The number of amides is 1. The Morgan fingerprint density at radius 1 is 1.27 bits per heavy atom. The lowest BCUT2D eigenvalue weighted by molar-refractivity contribution is -0.118. The maximum Gasteiger partial charge on any atom is 0.339 e. The van der Waals surface area contributed by atoms with Crippen molar-refractivity contribution in [3.05, 3.63) is 16.0 Å². The fourth-order valence-corrected chi connectivity index (χ4v) is 4.76. The average Bonchev–Trinajstić information content (AvgIpc) is 2.68. The number of hydrogen-bond donors (Lipinski definition) is 2. The van der Waals surface area contributed by atoms with E-state index in [2.05, 4.69) is 33.0 Å². The zero-order valence-corrected chi connectivity index (χ0v) is 14.1. The summed E-state index contributed by atoms with van der Waals surface area (Å²) in [5.74, 6) is -1.17. The molecule has 0 radical (unpaired) electrons. The van der Waals surface area contributed by atoms with Crippen molar-refractivity contribution in [3.8, 4) is 0 Å². The summed E-state index contributed by atoms with van der Waals surface area (Å²) in [5.41, 5.74) is 0.919.